The zero-order chi connectivity index (χ0) is 14.3. The number of benzene rings is 1. The van der Waals surface area contributed by atoms with Crippen LogP contribution in [-0.2, 0) is 0 Å². The first-order valence-electron chi connectivity index (χ1n) is 6.50. The topological polar surface area (TPSA) is 21.3 Å². The van der Waals surface area contributed by atoms with E-state index in [0.29, 0.717) is 6.61 Å². The van der Waals surface area contributed by atoms with Gasteiger partial charge >= 0.3 is 0 Å². The Balaban J connectivity index is 2.84. The second-order valence-corrected chi connectivity index (χ2v) is 5.74. The fourth-order valence-electron chi connectivity index (χ4n) is 1.68. The third-order valence-corrected chi connectivity index (χ3v) is 3.65. The molecule has 0 aromatic heterocycles. The van der Waals surface area contributed by atoms with E-state index in [0.717, 1.165) is 28.8 Å². The van der Waals surface area contributed by atoms with Crippen LogP contribution in [0.3, 0.4) is 0 Å². The molecule has 1 atom stereocenters. The third-order valence-electron chi connectivity index (χ3n) is 2.78. The summed E-state index contributed by atoms with van der Waals surface area (Å²) in [5, 5.41) is 3.47. The number of ether oxygens (including phenoxy) is 1. The molecule has 0 saturated heterocycles. The third kappa shape index (κ3) is 5.55. The van der Waals surface area contributed by atoms with Crippen molar-refractivity contribution in [3.63, 3.8) is 0 Å². The van der Waals surface area contributed by atoms with Crippen molar-refractivity contribution in [3.05, 3.63) is 39.3 Å². The fourth-order valence-corrected chi connectivity index (χ4v) is 2.09. The molecule has 19 heavy (non-hydrogen) atoms. The van der Waals surface area contributed by atoms with E-state index in [4.69, 9.17) is 16.3 Å². The van der Waals surface area contributed by atoms with Gasteiger partial charge in [0, 0.05) is 21.6 Å². The molecule has 0 heterocycles. The van der Waals surface area contributed by atoms with Gasteiger partial charge in [-0.2, -0.15) is 0 Å². The van der Waals surface area contributed by atoms with Crippen LogP contribution in [0, 0.1) is 0 Å². The van der Waals surface area contributed by atoms with Gasteiger partial charge in [0.15, 0.2) is 0 Å². The lowest BCUT2D eigenvalue weighted by molar-refractivity contribution is 0.344. The normalized spacial score (nSPS) is 13.4. The lowest BCUT2D eigenvalue weighted by Gasteiger charge is -2.18. The summed E-state index contributed by atoms with van der Waals surface area (Å²) in [6.45, 7) is 7.76. The highest BCUT2D eigenvalue weighted by Crippen LogP contribution is 2.29. The Kier molecular flexibility index (Phi) is 7.51. The van der Waals surface area contributed by atoms with Gasteiger partial charge in [-0.25, -0.2) is 0 Å². The Morgan fingerprint density at radius 2 is 2.26 bits per heavy atom. The first-order chi connectivity index (χ1) is 9.08. The minimum absolute atomic E-state index is 0.267. The monoisotopic (exact) mass is 345 g/mol. The minimum atomic E-state index is 0.267. The first-order valence-corrected chi connectivity index (χ1v) is 7.73. The smallest absolute Gasteiger partial charge is 0.125 e. The zero-order valence-corrected chi connectivity index (χ0v) is 14.0. The molecule has 0 aliphatic rings. The van der Waals surface area contributed by atoms with Crippen LogP contribution < -0.4 is 10.1 Å². The molecule has 1 rings (SSSR count). The molecule has 0 saturated carbocycles. The highest BCUT2D eigenvalue weighted by Gasteiger charge is 2.11. The molecule has 0 fully saturated rings. The van der Waals surface area contributed by atoms with Crippen molar-refractivity contribution >= 4 is 27.5 Å². The minimum Gasteiger partial charge on any atom is -0.489 e. The predicted octanol–water partition coefficient (Wildman–Crippen LogP) is 5.03. The average Bonchev–Trinajstić information content (AvgIpc) is 2.42. The summed E-state index contributed by atoms with van der Waals surface area (Å²) in [6.07, 6.45) is 1.12. The number of halogens is 2. The molecule has 1 N–H and O–H groups in total. The first kappa shape index (κ1) is 16.5. The van der Waals surface area contributed by atoms with Crippen LogP contribution in [0.1, 0.15) is 38.8 Å². The number of rotatable bonds is 7. The van der Waals surface area contributed by atoms with Crippen LogP contribution in [-0.4, -0.2) is 13.2 Å². The molecule has 0 aliphatic carbocycles. The van der Waals surface area contributed by atoms with E-state index in [1.54, 1.807) is 5.54 Å². The van der Waals surface area contributed by atoms with Crippen LogP contribution in [0.4, 0.5) is 0 Å². The van der Waals surface area contributed by atoms with Crippen molar-refractivity contribution in [2.45, 2.75) is 33.2 Å². The van der Waals surface area contributed by atoms with Crippen molar-refractivity contribution < 1.29 is 4.74 Å². The summed E-state index contributed by atoms with van der Waals surface area (Å²) in [4.78, 5) is 0. The average molecular weight is 347 g/mol. The van der Waals surface area contributed by atoms with E-state index in [1.807, 2.05) is 19.1 Å². The summed E-state index contributed by atoms with van der Waals surface area (Å²) in [5.41, 5.74) is 3.72. The maximum absolute atomic E-state index is 5.85. The van der Waals surface area contributed by atoms with E-state index >= 15 is 0 Å². The Bertz CT molecular complexity index is 434. The molecule has 106 valence electrons. The number of hydrogen-bond acceptors (Lipinski definition) is 2. The van der Waals surface area contributed by atoms with E-state index in [-0.39, 0.29) is 6.04 Å². The molecule has 0 spiro atoms. The highest BCUT2D eigenvalue weighted by atomic mass is 79.9. The summed E-state index contributed by atoms with van der Waals surface area (Å²) in [5.74, 6) is 0.892. The maximum atomic E-state index is 5.85. The molecule has 0 bridgehead atoms. The van der Waals surface area contributed by atoms with Gasteiger partial charge in [0.1, 0.15) is 12.4 Å². The molecule has 0 aliphatic heterocycles. The SMILES string of the molecule is CCCNC(C)c1ccc(Br)cc1OC/C(C)=C/Cl. The predicted molar refractivity (Wildman–Crippen MR) is 86.0 cm³/mol. The van der Waals surface area contributed by atoms with Gasteiger partial charge in [0.2, 0.25) is 0 Å². The summed E-state index contributed by atoms with van der Waals surface area (Å²) >= 11 is 9.14. The molecular formula is C15H21BrClNO. The highest BCUT2D eigenvalue weighted by molar-refractivity contribution is 9.10. The Labute approximate surface area is 129 Å². The zero-order valence-electron chi connectivity index (χ0n) is 11.7. The van der Waals surface area contributed by atoms with Gasteiger partial charge in [0.25, 0.3) is 0 Å². The maximum Gasteiger partial charge on any atom is 0.125 e. The van der Waals surface area contributed by atoms with Crippen molar-refractivity contribution in [1.82, 2.24) is 5.32 Å². The quantitative estimate of drug-likeness (QED) is 0.747. The summed E-state index contributed by atoms with van der Waals surface area (Å²) in [6, 6.07) is 6.40. The standard InChI is InChI=1S/C15H21BrClNO/c1-4-7-18-12(3)14-6-5-13(16)8-15(14)19-10-11(2)9-17/h5-6,8-9,12,18H,4,7,10H2,1-3H3/b11-9+. The van der Waals surface area contributed by atoms with Crippen LogP contribution >= 0.6 is 27.5 Å². The largest absolute Gasteiger partial charge is 0.489 e. The molecule has 2 nitrogen and oxygen atoms in total. The van der Waals surface area contributed by atoms with Gasteiger partial charge in [-0.05, 0) is 44.5 Å². The van der Waals surface area contributed by atoms with Gasteiger partial charge in [-0.3, -0.25) is 0 Å². The molecular weight excluding hydrogens is 326 g/mol. The fraction of sp³-hybridized carbons (Fsp3) is 0.467. The Morgan fingerprint density at radius 3 is 2.89 bits per heavy atom. The van der Waals surface area contributed by atoms with Crippen molar-refractivity contribution in [2.24, 2.45) is 0 Å². The van der Waals surface area contributed by atoms with Crippen LogP contribution in [0.25, 0.3) is 0 Å². The van der Waals surface area contributed by atoms with Crippen LogP contribution in [0.5, 0.6) is 5.75 Å². The van der Waals surface area contributed by atoms with Crippen LogP contribution in [0.2, 0.25) is 0 Å². The molecule has 1 aromatic carbocycles. The Morgan fingerprint density at radius 1 is 1.53 bits per heavy atom. The van der Waals surface area contributed by atoms with Crippen LogP contribution in [0.15, 0.2) is 33.8 Å². The summed E-state index contributed by atoms with van der Waals surface area (Å²) < 4.78 is 6.86. The van der Waals surface area contributed by atoms with Gasteiger partial charge < -0.3 is 10.1 Å². The molecule has 1 aromatic rings. The van der Waals surface area contributed by atoms with Crippen molar-refractivity contribution in [2.75, 3.05) is 13.2 Å². The Hall–Kier alpha value is -0.510. The summed E-state index contributed by atoms with van der Waals surface area (Å²) in [7, 11) is 0. The van der Waals surface area contributed by atoms with Crippen molar-refractivity contribution in [1.29, 1.82) is 0 Å². The molecule has 0 amide bonds. The van der Waals surface area contributed by atoms with E-state index in [2.05, 4.69) is 41.2 Å². The number of nitrogens with one attached hydrogen (secondary N) is 1. The molecule has 4 heteroatoms. The lowest BCUT2D eigenvalue weighted by Crippen LogP contribution is -2.20. The second-order valence-electron chi connectivity index (χ2n) is 4.60. The van der Waals surface area contributed by atoms with Gasteiger partial charge in [-0.15, -0.1) is 0 Å². The van der Waals surface area contributed by atoms with Gasteiger partial charge in [-0.1, -0.05) is 40.5 Å². The molecule has 1 unspecified atom stereocenters. The number of hydrogen-bond donors (Lipinski definition) is 1. The van der Waals surface area contributed by atoms with Gasteiger partial charge in [0.05, 0.1) is 0 Å². The second kappa shape index (κ2) is 8.62. The van der Waals surface area contributed by atoms with E-state index < -0.39 is 0 Å². The molecule has 0 radical (unpaired) electrons. The van der Waals surface area contributed by atoms with Crippen molar-refractivity contribution in [3.8, 4) is 5.75 Å². The van der Waals surface area contributed by atoms with E-state index in [1.165, 1.54) is 5.56 Å². The lowest BCUT2D eigenvalue weighted by atomic mass is 10.1. The van der Waals surface area contributed by atoms with E-state index in [9.17, 15) is 0 Å².